The predicted molar refractivity (Wildman–Crippen MR) is 142 cm³/mol. The topological polar surface area (TPSA) is 92.2 Å². The van der Waals surface area contributed by atoms with Crippen LogP contribution in [0.1, 0.15) is 36.6 Å². The Balaban J connectivity index is 1.88. The Morgan fingerprint density at radius 1 is 1.03 bits per heavy atom. The van der Waals surface area contributed by atoms with Crippen LogP contribution in [0.5, 0.6) is 11.5 Å². The second-order valence-corrected chi connectivity index (χ2v) is 8.62. The highest BCUT2D eigenvalue weighted by Crippen LogP contribution is 2.42. The summed E-state index contributed by atoms with van der Waals surface area (Å²) in [6.07, 6.45) is 3.31. The van der Waals surface area contributed by atoms with Gasteiger partial charge >= 0.3 is 0 Å². The third-order valence-corrected chi connectivity index (χ3v) is 6.61. The minimum absolute atomic E-state index is 0.00367. The number of ketones is 1. The standard InChI is InChI=1S/C29H31N3O5/c1-5-31(6-2)21-11-9-20(10-12-21)26-25(27(33)23-16-22(36-3)13-14-24(23)37-4)28(34)29(35)32(26)18-19-8-7-15-30-17-19/h7-17,26,33H,5-6,18H2,1-4H3/b27-25+. The van der Waals surface area contributed by atoms with E-state index in [1.165, 1.54) is 19.1 Å². The lowest BCUT2D eigenvalue weighted by atomic mass is 9.94. The molecule has 0 aliphatic carbocycles. The molecule has 8 heteroatoms. The molecule has 8 nitrogen and oxygen atoms in total. The number of Topliss-reactive ketones (excluding diaryl/α,β-unsaturated/α-hetero) is 1. The molecule has 1 unspecified atom stereocenters. The molecule has 1 aliphatic heterocycles. The molecule has 1 fully saturated rings. The van der Waals surface area contributed by atoms with Gasteiger partial charge in [-0.05, 0) is 61.4 Å². The number of anilines is 1. The minimum atomic E-state index is -0.804. The van der Waals surface area contributed by atoms with Gasteiger partial charge in [-0.1, -0.05) is 18.2 Å². The first-order chi connectivity index (χ1) is 17.9. The van der Waals surface area contributed by atoms with Crippen LogP contribution in [0, 0.1) is 0 Å². The van der Waals surface area contributed by atoms with E-state index in [0.717, 1.165) is 24.3 Å². The van der Waals surface area contributed by atoms with Gasteiger partial charge in [0.15, 0.2) is 0 Å². The molecule has 1 N–H and O–H groups in total. The van der Waals surface area contributed by atoms with Crippen LogP contribution in [0.4, 0.5) is 5.69 Å². The normalized spacial score (nSPS) is 16.6. The summed E-state index contributed by atoms with van der Waals surface area (Å²) in [5.74, 6) is -0.936. The number of carbonyl (C=O) groups excluding carboxylic acids is 2. The highest BCUT2D eigenvalue weighted by atomic mass is 16.5. The van der Waals surface area contributed by atoms with E-state index in [0.29, 0.717) is 17.1 Å². The van der Waals surface area contributed by atoms with Gasteiger partial charge in [-0.2, -0.15) is 0 Å². The zero-order valence-corrected chi connectivity index (χ0v) is 21.5. The molecular weight excluding hydrogens is 470 g/mol. The average molecular weight is 502 g/mol. The van der Waals surface area contributed by atoms with Crippen LogP contribution in [0.15, 0.2) is 72.6 Å². The molecule has 0 radical (unpaired) electrons. The lowest BCUT2D eigenvalue weighted by molar-refractivity contribution is -0.140. The zero-order valence-electron chi connectivity index (χ0n) is 21.5. The maximum absolute atomic E-state index is 13.4. The summed E-state index contributed by atoms with van der Waals surface area (Å²) in [4.78, 5) is 34.6. The molecule has 0 bridgehead atoms. The number of nitrogens with zero attached hydrogens (tertiary/aromatic N) is 3. The Labute approximate surface area is 216 Å². The van der Waals surface area contributed by atoms with E-state index < -0.39 is 17.7 Å². The van der Waals surface area contributed by atoms with Crippen LogP contribution in [0.25, 0.3) is 5.76 Å². The molecular formula is C29H31N3O5. The van der Waals surface area contributed by atoms with Crippen LogP contribution < -0.4 is 14.4 Å². The highest BCUT2D eigenvalue weighted by molar-refractivity contribution is 6.46. The second-order valence-electron chi connectivity index (χ2n) is 8.62. The molecule has 3 aromatic rings. The van der Waals surface area contributed by atoms with E-state index in [4.69, 9.17) is 9.47 Å². The maximum Gasteiger partial charge on any atom is 0.295 e. The van der Waals surface area contributed by atoms with E-state index >= 15 is 0 Å². The fourth-order valence-electron chi connectivity index (χ4n) is 4.68. The summed E-state index contributed by atoms with van der Waals surface area (Å²) < 4.78 is 10.8. The van der Waals surface area contributed by atoms with Gasteiger partial charge in [-0.15, -0.1) is 0 Å². The van der Waals surface area contributed by atoms with Gasteiger partial charge in [0.2, 0.25) is 0 Å². The van der Waals surface area contributed by atoms with Crippen molar-refractivity contribution in [1.29, 1.82) is 0 Å². The van der Waals surface area contributed by atoms with Crippen molar-refractivity contribution < 1.29 is 24.2 Å². The van der Waals surface area contributed by atoms with Crippen molar-refractivity contribution in [2.24, 2.45) is 0 Å². The summed E-state index contributed by atoms with van der Waals surface area (Å²) in [7, 11) is 2.99. The summed E-state index contributed by atoms with van der Waals surface area (Å²) in [6.45, 7) is 6.03. The fraction of sp³-hybridized carbons (Fsp3) is 0.276. The summed E-state index contributed by atoms with van der Waals surface area (Å²) in [5.41, 5.74) is 2.78. The first-order valence-electron chi connectivity index (χ1n) is 12.2. The van der Waals surface area contributed by atoms with Crippen molar-refractivity contribution in [3.05, 3.63) is 89.3 Å². The number of pyridine rings is 1. The number of benzene rings is 2. The van der Waals surface area contributed by atoms with Crippen LogP contribution >= 0.6 is 0 Å². The van der Waals surface area contributed by atoms with Gasteiger partial charge in [0.25, 0.3) is 11.7 Å². The minimum Gasteiger partial charge on any atom is -0.507 e. The number of hydrogen-bond acceptors (Lipinski definition) is 7. The Morgan fingerprint density at radius 2 is 1.76 bits per heavy atom. The third kappa shape index (κ3) is 5.00. The number of ether oxygens (including phenoxy) is 2. The van der Waals surface area contributed by atoms with Crippen molar-refractivity contribution in [1.82, 2.24) is 9.88 Å². The predicted octanol–water partition coefficient (Wildman–Crippen LogP) is 4.57. The maximum atomic E-state index is 13.4. The highest BCUT2D eigenvalue weighted by Gasteiger charge is 2.46. The molecule has 1 aromatic heterocycles. The second kappa shape index (κ2) is 11.2. The Morgan fingerprint density at radius 3 is 2.35 bits per heavy atom. The summed E-state index contributed by atoms with van der Waals surface area (Å²) in [5, 5.41) is 11.5. The molecule has 192 valence electrons. The van der Waals surface area contributed by atoms with Gasteiger partial charge < -0.3 is 24.4 Å². The van der Waals surface area contributed by atoms with Crippen molar-refractivity contribution in [3.63, 3.8) is 0 Å². The SMILES string of the molecule is CCN(CC)c1ccc(C2/C(=C(\O)c3cc(OC)ccc3OC)C(=O)C(=O)N2Cc2cccnc2)cc1. The van der Waals surface area contributed by atoms with Crippen LogP contribution in [-0.4, -0.2) is 54.0 Å². The molecule has 4 rings (SSSR count). The molecule has 1 saturated heterocycles. The molecule has 1 amide bonds. The largest absolute Gasteiger partial charge is 0.507 e. The first kappa shape index (κ1) is 25.8. The number of hydrogen-bond donors (Lipinski definition) is 1. The van der Waals surface area contributed by atoms with Crippen LogP contribution in [-0.2, 0) is 16.1 Å². The zero-order chi connectivity index (χ0) is 26.5. The van der Waals surface area contributed by atoms with Gasteiger partial charge in [0, 0.05) is 37.7 Å². The number of aromatic nitrogens is 1. The van der Waals surface area contributed by atoms with E-state index in [9.17, 15) is 14.7 Å². The number of amides is 1. The Hall–Kier alpha value is -4.33. The van der Waals surface area contributed by atoms with Crippen LogP contribution in [0.2, 0.25) is 0 Å². The number of rotatable bonds is 9. The average Bonchev–Trinajstić information content (AvgIpc) is 3.18. The Kier molecular flexibility index (Phi) is 7.77. The number of aliphatic hydroxyl groups excluding tert-OH is 1. The van der Waals surface area contributed by atoms with Gasteiger partial charge in [0.1, 0.15) is 17.3 Å². The molecule has 37 heavy (non-hydrogen) atoms. The molecule has 2 heterocycles. The molecule has 0 saturated carbocycles. The van der Waals surface area contributed by atoms with Crippen molar-refractivity contribution in [2.45, 2.75) is 26.4 Å². The van der Waals surface area contributed by atoms with Gasteiger partial charge in [-0.3, -0.25) is 14.6 Å². The number of methoxy groups -OCH3 is 2. The molecule has 1 aliphatic rings. The van der Waals surface area contributed by atoms with Crippen molar-refractivity contribution >= 4 is 23.1 Å². The molecule has 0 spiro atoms. The summed E-state index contributed by atoms with van der Waals surface area (Å²) >= 11 is 0. The van der Waals surface area contributed by atoms with Gasteiger partial charge in [-0.25, -0.2) is 0 Å². The number of carbonyl (C=O) groups is 2. The lowest BCUT2D eigenvalue weighted by Crippen LogP contribution is -2.29. The van der Waals surface area contributed by atoms with Gasteiger partial charge in [0.05, 0.1) is 31.4 Å². The number of aliphatic hydroxyl groups is 1. The smallest absolute Gasteiger partial charge is 0.295 e. The van der Waals surface area contributed by atoms with E-state index in [1.54, 1.807) is 36.7 Å². The monoisotopic (exact) mass is 501 g/mol. The van der Waals surface area contributed by atoms with Crippen molar-refractivity contribution in [3.8, 4) is 11.5 Å². The lowest BCUT2D eigenvalue weighted by Gasteiger charge is -2.27. The molecule has 1 atom stereocenters. The molecule has 2 aromatic carbocycles. The van der Waals surface area contributed by atoms with Crippen LogP contribution in [0.3, 0.4) is 0 Å². The summed E-state index contributed by atoms with van der Waals surface area (Å²) in [6, 6.07) is 15.5. The van der Waals surface area contributed by atoms with Crippen molar-refractivity contribution in [2.75, 3.05) is 32.2 Å². The number of likely N-dealkylation sites (tertiary alicyclic amines) is 1. The van der Waals surface area contributed by atoms with E-state index in [-0.39, 0.29) is 23.4 Å². The first-order valence-corrected chi connectivity index (χ1v) is 12.2. The quantitative estimate of drug-likeness (QED) is 0.261. The van der Waals surface area contributed by atoms with E-state index in [2.05, 4.69) is 23.7 Å². The Bertz CT molecular complexity index is 1300. The third-order valence-electron chi connectivity index (χ3n) is 6.61. The fourth-order valence-corrected chi connectivity index (χ4v) is 4.68. The van der Waals surface area contributed by atoms with E-state index in [1.807, 2.05) is 30.3 Å².